The molecule has 4 N–H and O–H groups in total. The van der Waals surface area contributed by atoms with Crippen molar-refractivity contribution in [1.29, 1.82) is 0 Å². The topological polar surface area (TPSA) is 91.2 Å². The molecule has 0 aliphatic carbocycles. The van der Waals surface area contributed by atoms with E-state index in [0.29, 0.717) is 6.61 Å². The van der Waals surface area contributed by atoms with Gasteiger partial charge in [-0.05, 0) is 18.6 Å². The Bertz CT molecular complexity index is 240. The summed E-state index contributed by atoms with van der Waals surface area (Å²) < 4.78 is 10.2. The second-order valence-corrected chi connectivity index (χ2v) is 3.95. The highest BCUT2D eigenvalue weighted by molar-refractivity contribution is 7.80. The van der Waals surface area contributed by atoms with Crippen LogP contribution >= 0.6 is 12.2 Å². The number of rotatable bonds is 3. The maximum Gasteiger partial charge on any atom is 0.258 e. The van der Waals surface area contributed by atoms with Crippen molar-refractivity contribution in [1.82, 2.24) is 5.32 Å². The van der Waals surface area contributed by atoms with Crippen LogP contribution in [0.25, 0.3) is 0 Å². The molecule has 0 radical (unpaired) electrons. The summed E-state index contributed by atoms with van der Waals surface area (Å²) >= 11 is 4.85. The molecule has 94 valence electrons. The fourth-order valence-corrected chi connectivity index (χ4v) is 1.49. The number of ether oxygens (including phenoxy) is 2. The SMILES string of the molecule is CCCOC(=S)N[C@@H]1OC[C@@H](O)[C@@H](O)[C@@H]1O. The van der Waals surface area contributed by atoms with Gasteiger partial charge in [-0.2, -0.15) is 0 Å². The zero-order valence-corrected chi connectivity index (χ0v) is 9.81. The third-order valence-corrected chi connectivity index (χ3v) is 2.43. The van der Waals surface area contributed by atoms with Gasteiger partial charge in [-0.1, -0.05) is 6.92 Å². The third-order valence-electron chi connectivity index (χ3n) is 2.20. The Kier molecular flexibility index (Phi) is 5.36. The van der Waals surface area contributed by atoms with Crippen molar-refractivity contribution in [2.45, 2.75) is 37.9 Å². The molecule has 16 heavy (non-hydrogen) atoms. The predicted octanol–water partition coefficient (Wildman–Crippen LogP) is -1.27. The van der Waals surface area contributed by atoms with Gasteiger partial charge in [-0.25, -0.2) is 0 Å². The van der Waals surface area contributed by atoms with E-state index in [1.807, 2.05) is 6.92 Å². The lowest BCUT2D eigenvalue weighted by Crippen LogP contribution is -2.58. The highest BCUT2D eigenvalue weighted by Crippen LogP contribution is 2.13. The Morgan fingerprint density at radius 1 is 1.44 bits per heavy atom. The highest BCUT2D eigenvalue weighted by atomic mass is 32.1. The first-order chi connectivity index (χ1) is 7.56. The monoisotopic (exact) mass is 251 g/mol. The summed E-state index contributed by atoms with van der Waals surface area (Å²) in [5, 5.41) is 30.9. The molecule has 1 aliphatic rings. The van der Waals surface area contributed by atoms with Gasteiger partial charge in [0.1, 0.15) is 18.3 Å². The number of hydrogen-bond acceptors (Lipinski definition) is 6. The molecule has 0 amide bonds. The van der Waals surface area contributed by atoms with Gasteiger partial charge in [-0.3, -0.25) is 0 Å². The summed E-state index contributed by atoms with van der Waals surface area (Å²) in [4.78, 5) is 0. The number of thiocarbonyl (C=S) groups is 1. The van der Waals surface area contributed by atoms with E-state index in [1.165, 1.54) is 0 Å². The standard InChI is InChI=1S/C9H17NO5S/c1-2-3-14-9(16)10-8-7(13)6(12)5(11)4-15-8/h5-8,11-13H,2-4H2,1H3,(H,10,16)/t5-,6-,7+,8-/m1/s1. The quantitative estimate of drug-likeness (QED) is 0.465. The molecule has 1 aliphatic heterocycles. The Labute approximate surface area is 99.2 Å². The van der Waals surface area contributed by atoms with Crippen molar-refractivity contribution in [2.24, 2.45) is 0 Å². The van der Waals surface area contributed by atoms with E-state index in [1.54, 1.807) is 0 Å². The molecule has 1 rings (SSSR count). The van der Waals surface area contributed by atoms with E-state index in [-0.39, 0.29) is 11.8 Å². The number of nitrogens with one attached hydrogen (secondary N) is 1. The highest BCUT2D eigenvalue weighted by Gasteiger charge is 2.37. The first kappa shape index (κ1) is 13.6. The normalized spacial score (nSPS) is 34.5. The van der Waals surface area contributed by atoms with Crippen molar-refractivity contribution in [3.63, 3.8) is 0 Å². The van der Waals surface area contributed by atoms with Crippen molar-refractivity contribution < 1.29 is 24.8 Å². The van der Waals surface area contributed by atoms with Crippen LogP contribution in [0.5, 0.6) is 0 Å². The molecule has 1 heterocycles. The van der Waals surface area contributed by atoms with Crippen LogP contribution in [-0.4, -0.2) is 58.2 Å². The number of aliphatic hydroxyl groups is 3. The smallest absolute Gasteiger partial charge is 0.258 e. The van der Waals surface area contributed by atoms with Gasteiger partial charge in [0, 0.05) is 0 Å². The molecule has 0 aromatic rings. The Morgan fingerprint density at radius 2 is 2.12 bits per heavy atom. The van der Waals surface area contributed by atoms with Crippen LogP contribution in [0.4, 0.5) is 0 Å². The van der Waals surface area contributed by atoms with Crippen LogP contribution in [0.1, 0.15) is 13.3 Å². The lowest BCUT2D eigenvalue weighted by atomic mass is 10.0. The van der Waals surface area contributed by atoms with Crippen LogP contribution in [0.15, 0.2) is 0 Å². The average Bonchev–Trinajstić information content (AvgIpc) is 2.27. The summed E-state index contributed by atoms with van der Waals surface area (Å²) in [6, 6.07) is 0. The molecule has 0 saturated carbocycles. The van der Waals surface area contributed by atoms with Crippen LogP contribution in [-0.2, 0) is 9.47 Å². The van der Waals surface area contributed by atoms with Gasteiger partial charge in [0.25, 0.3) is 5.17 Å². The zero-order valence-electron chi connectivity index (χ0n) is 9.00. The minimum atomic E-state index is -1.25. The minimum absolute atomic E-state index is 0.0632. The number of hydrogen-bond donors (Lipinski definition) is 4. The average molecular weight is 251 g/mol. The summed E-state index contributed by atoms with van der Waals surface area (Å²) in [7, 11) is 0. The zero-order chi connectivity index (χ0) is 12.1. The maximum atomic E-state index is 9.57. The minimum Gasteiger partial charge on any atom is -0.471 e. The first-order valence-electron chi connectivity index (χ1n) is 5.15. The number of aliphatic hydroxyl groups excluding tert-OH is 3. The van der Waals surface area contributed by atoms with Crippen molar-refractivity contribution in [3.05, 3.63) is 0 Å². The molecular weight excluding hydrogens is 234 g/mol. The van der Waals surface area contributed by atoms with Crippen LogP contribution in [0, 0.1) is 0 Å². The fraction of sp³-hybridized carbons (Fsp3) is 0.889. The van der Waals surface area contributed by atoms with Gasteiger partial charge in [0.15, 0.2) is 6.23 Å². The predicted molar refractivity (Wildman–Crippen MR) is 59.7 cm³/mol. The largest absolute Gasteiger partial charge is 0.471 e. The summed E-state index contributed by atoms with van der Waals surface area (Å²) in [6.07, 6.45) is -3.62. The summed E-state index contributed by atoms with van der Waals surface area (Å²) in [5.41, 5.74) is 0. The Morgan fingerprint density at radius 3 is 2.75 bits per heavy atom. The second-order valence-electron chi connectivity index (χ2n) is 3.58. The molecule has 1 fully saturated rings. The fourth-order valence-electron chi connectivity index (χ4n) is 1.29. The van der Waals surface area contributed by atoms with Gasteiger partial charge >= 0.3 is 0 Å². The molecule has 0 bridgehead atoms. The molecular formula is C9H17NO5S. The Hall–Kier alpha value is -0.470. The molecule has 6 nitrogen and oxygen atoms in total. The van der Waals surface area contributed by atoms with E-state index in [2.05, 4.69) is 5.32 Å². The lowest BCUT2D eigenvalue weighted by Gasteiger charge is -2.35. The Balaban J connectivity index is 2.39. The van der Waals surface area contributed by atoms with E-state index < -0.39 is 24.5 Å². The van der Waals surface area contributed by atoms with Crippen molar-refractivity contribution >= 4 is 17.4 Å². The summed E-state index contributed by atoms with van der Waals surface area (Å²) in [6.45, 7) is 2.35. The van der Waals surface area contributed by atoms with Crippen LogP contribution in [0.2, 0.25) is 0 Å². The third kappa shape index (κ3) is 3.53. The van der Waals surface area contributed by atoms with Crippen molar-refractivity contribution in [3.8, 4) is 0 Å². The molecule has 0 aromatic carbocycles. The first-order valence-corrected chi connectivity index (χ1v) is 5.56. The van der Waals surface area contributed by atoms with Gasteiger partial charge in [-0.15, -0.1) is 0 Å². The molecule has 1 saturated heterocycles. The van der Waals surface area contributed by atoms with E-state index >= 15 is 0 Å². The van der Waals surface area contributed by atoms with Gasteiger partial charge in [0.2, 0.25) is 0 Å². The van der Waals surface area contributed by atoms with E-state index in [4.69, 9.17) is 21.7 Å². The molecule has 4 atom stereocenters. The molecule has 7 heteroatoms. The van der Waals surface area contributed by atoms with Gasteiger partial charge in [0.05, 0.1) is 13.2 Å². The van der Waals surface area contributed by atoms with Crippen LogP contribution in [0.3, 0.4) is 0 Å². The summed E-state index contributed by atoms with van der Waals surface area (Å²) in [5.74, 6) is 0. The van der Waals surface area contributed by atoms with Crippen LogP contribution < -0.4 is 5.32 Å². The molecule has 0 aromatic heterocycles. The molecule has 0 spiro atoms. The van der Waals surface area contributed by atoms with E-state index in [9.17, 15) is 15.3 Å². The van der Waals surface area contributed by atoms with Gasteiger partial charge < -0.3 is 30.1 Å². The van der Waals surface area contributed by atoms with Crippen molar-refractivity contribution in [2.75, 3.05) is 13.2 Å². The maximum absolute atomic E-state index is 9.57. The molecule has 0 unspecified atom stereocenters. The second kappa shape index (κ2) is 6.31. The van der Waals surface area contributed by atoms with E-state index in [0.717, 1.165) is 6.42 Å². The lowest BCUT2D eigenvalue weighted by molar-refractivity contribution is -0.191.